The molecular formula is C14H20F2N2O2. The molecule has 1 rings (SSSR count). The largest absolute Gasteiger partial charge is 0.435 e. The van der Waals surface area contributed by atoms with Crippen LogP contribution >= 0.6 is 0 Å². The molecule has 6 heteroatoms. The lowest BCUT2D eigenvalue weighted by Gasteiger charge is -2.21. The van der Waals surface area contributed by atoms with Gasteiger partial charge in [0.15, 0.2) is 0 Å². The number of nitrogens with one attached hydrogen (secondary N) is 1. The molecule has 0 radical (unpaired) electrons. The summed E-state index contributed by atoms with van der Waals surface area (Å²) >= 11 is 0. The molecule has 1 amide bonds. The standard InChI is InChI=1S/C14H20F2N2O2/c1-3-14(2,17)12(19)18-9-8-10-4-6-11(7-5-10)20-13(15)16/h4-7,13H,3,8-9,17H2,1-2H3,(H,18,19). The molecule has 1 atom stereocenters. The zero-order valence-corrected chi connectivity index (χ0v) is 11.7. The molecule has 0 heterocycles. The first-order valence-corrected chi connectivity index (χ1v) is 6.46. The van der Waals surface area contributed by atoms with E-state index in [-0.39, 0.29) is 11.7 Å². The Balaban J connectivity index is 2.41. The molecule has 0 bridgehead atoms. The molecule has 1 unspecified atom stereocenters. The summed E-state index contributed by atoms with van der Waals surface area (Å²) in [5.74, 6) is -0.0778. The number of amides is 1. The molecule has 1 aromatic carbocycles. The lowest BCUT2D eigenvalue weighted by atomic mass is 9.99. The maximum atomic E-state index is 12.0. The summed E-state index contributed by atoms with van der Waals surface area (Å²) in [7, 11) is 0. The van der Waals surface area contributed by atoms with Gasteiger partial charge in [-0.3, -0.25) is 4.79 Å². The van der Waals surface area contributed by atoms with Crippen molar-refractivity contribution in [2.24, 2.45) is 5.73 Å². The first kappa shape index (κ1) is 16.4. The third-order valence-corrected chi connectivity index (χ3v) is 3.10. The van der Waals surface area contributed by atoms with E-state index in [1.54, 1.807) is 19.1 Å². The number of rotatable bonds is 7. The fraction of sp³-hybridized carbons (Fsp3) is 0.500. The number of alkyl halides is 2. The third-order valence-electron chi connectivity index (χ3n) is 3.10. The van der Waals surface area contributed by atoms with E-state index >= 15 is 0 Å². The monoisotopic (exact) mass is 286 g/mol. The molecule has 0 fully saturated rings. The highest BCUT2D eigenvalue weighted by atomic mass is 19.3. The van der Waals surface area contributed by atoms with Crippen molar-refractivity contribution in [2.75, 3.05) is 6.54 Å². The molecule has 0 saturated carbocycles. The van der Waals surface area contributed by atoms with Gasteiger partial charge in [-0.05, 0) is 37.5 Å². The van der Waals surface area contributed by atoms with Gasteiger partial charge >= 0.3 is 6.61 Å². The maximum absolute atomic E-state index is 12.0. The zero-order valence-electron chi connectivity index (χ0n) is 11.7. The van der Waals surface area contributed by atoms with Crippen molar-refractivity contribution < 1.29 is 18.3 Å². The number of nitrogens with two attached hydrogens (primary N) is 1. The van der Waals surface area contributed by atoms with Gasteiger partial charge in [-0.25, -0.2) is 0 Å². The number of benzene rings is 1. The van der Waals surface area contributed by atoms with Gasteiger partial charge in [0.2, 0.25) is 5.91 Å². The third kappa shape index (κ3) is 5.13. The molecule has 112 valence electrons. The number of halogens is 2. The van der Waals surface area contributed by atoms with Gasteiger partial charge < -0.3 is 15.8 Å². The Labute approximate surface area is 117 Å². The second-order valence-corrected chi connectivity index (χ2v) is 4.80. The van der Waals surface area contributed by atoms with Crippen molar-refractivity contribution in [3.63, 3.8) is 0 Å². The molecule has 0 aliphatic heterocycles. The van der Waals surface area contributed by atoms with Crippen LogP contribution in [-0.4, -0.2) is 24.6 Å². The zero-order chi connectivity index (χ0) is 15.2. The second kappa shape index (κ2) is 7.19. The Bertz CT molecular complexity index is 433. The number of carbonyl (C=O) groups is 1. The van der Waals surface area contributed by atoms with E-state index in [1.807, 2.05) is 6.92 Å². The predicted molar refractivity (Wildman–Crippen MR) is 72.7 cm³/mol. The summed E-state index contributed by atoms with van der Waals surface area (Å²) in [6, 6.07) is 6.32. The minimum atomic E-state index is -2.82. The average molecular weight is 286 g/mol. The molecule has 0 aliphatic rings. The van der Waals surface area contributed by atoms with E-state index in [0.717, 1.165) is 5.56 Å². The van der Waals surface area contributed by atoms with Crippen molar-refractivity contribution in [1.82, 2.24) is 5.32 Å². The highest BCUT2D eigenvalue weighted by Crippen LogP contribution is 2.15. The van der Waals surface area contributed by atoms with Gasteiger partial charge in [0.1, 0.15) is 5.75 Å². The van der Waals surface area contributed by atoms with Gasteiger partial charge in [-0.1, -0.05) is 19.1 Å². The van der Waals surface area contributed by atoms with Crippen LogP contribution in [0.25, 0.3) is 0 Å². The number of hydrogen-bond donors (Lipinski definition) is 2. The average Bonchev–Trinajstić information content (AvgIpc) is 2.40. The van der Waals surface area contributed by atoms with Crippen molar-refractivity contribution in [1.29, 1.82) is 0 Å². The smallest absolute Gasteiger partial charge is 0.387 e. The number of hydrogen-bond acceptors (Lipinski definition) is 3. The van der Waals surface area contributed by atoms with Crippen LogP contribution in [0.3, 0.4) is 0 Å². The molecular weight excluding hydrogens is 266 g/mol. The van der Waals surface area contributed by atoms with Crippen LogP contribution in [0, 0.1) is 0 Å². The molecule has 3 N–H and O–H groups in total. The van der Waals surface area contributed by atoms with E-state index in [9.17, 15) is 13.6 Å². The van der Waals surface area contributed by atoms with Crippen LogP contribution in [0.1, 0.15) is 25.8 Å². The molecule has 0 saturated heterocycles. The van der Waals surface area contributed by atoms with E-state index in [2.05, 4.69) is 10.1 Å². The summed E-state index contributed by atoms with van der Waals surface area (Å²) in [6.45, 7) is 1.15. The summed E-state index contributed by atoms with van der Waals surface area (Å²) in [4.78, 5) is 11.7. The quantitative estimate of drug-likeness (QED) is 0.806. The molecule has 20 heavy (non-hydrogen) atoms. The Morgan fingerprint density at radius 3 is 2.50 bits per heavy atom. The summed E-state index contributed by atoms with van der Waals surface area (Å²) in [5, 5.41) is 2.75. The summed E-state index contributed by atoms with van der Waals surface area (Å²) in [6.07, 6.45) is 1.15. The van der Waals surface area contributed by atoms with Crippen molar-refractivity contribution in [2.45, 2.75) is 38.8 Å². The van der Waals surface area contributed by atoms with Crippen molar-refractivity contribution in [3.05, 3.63) is 29.8 Å². The SMILES string of the molecule is CCC(C)(N)C(=O)NCCc1ccc(OC(F)F)cc1. The normalized spacial score (nSPS) is 13.9. The first-order valence-electron chi connectivity index (χ1n) is 6.46. The van der Waals surface area contributed by atoms with Crippen LogP contribution in [0.5, 0.6) is 5.75 Å². The second-order valence-electron chi connectivity index (χ2n) is 4.80. The van der Waals surface area contributed by atoms with Gasteiger partial charge in [0, 0.05) is 6.54 Å². The molecule has 0 aliphatic carbocycles. The summed E-state index contributed by atoms with van der Waals surface area (Å²) in [5.41, 5.74) is 5.86. The van der Waals surface area contributed by atoms with Gasteiger partial charge in [0.05, 0.1) is 5.54 Å². The first-order chi connectivity index (χ1) is 9.35. The lowest BCUT2D eigenvalue weighted by Crippen LogP contribution is -2.51. The van der Waals surface area contributed by atoms with Crippen LogP contribution in [0.4, 0.5) is 8.78 Å². The van der Waals surface area contributed by atoms with Crippen LogP contribution in [0.2, 0.25) is 0 Å². The minimum Gasteiger partial charge on any atom is -0.435 e. The van der Waals surface area contributed by atoms with Gasteiger partial charge in [0.25, 0.3) is 0 Å². The highest BCUT2D eigenvalue weighted by Gasteiger charge is 2.25. The minimum absolute atomic E-state index is 0.119. The predicted octanol–water partition coefficient (Wildman–Crippen LogP) is 2.07. The van der Waals surface area contributed by atoms with Gasteiger partial charge in [-0.15, -0.1) is 0 Å². The molecule has 4 nitrogen and oxygen atoms in total. The lowest BCUT2D eigenvalue weighted by molar-refractivity contribution is -0.125. The highest BCUT2D eigenvalue weighted by molar-refractivity contribution is 5.85. The van der Waals surface area contributed by atoms with E-state index in [0.29, 0.717) is 19.4 Å². The Hall–Kier alpha value is -1.69. The Morgan fingerprint density at radius 1 is 1.40 bits per heavy atom. The van der Waals surface area contributed by atoms with E-state index in [4.69, 9.17) is 5.73 Å². The van der Waals surface area contributed by atoms with E-state index < -0.39 is 12.2 Å². The molecule has 0 aromatic heterocycles. The van der Waals surface area contributed by atoms with Crippen LogP contribution in [0.15, 0.2) is 24.3 Å². The molecule has 1 aromatic rings. The van der Waals surface area contributed by atoms with Crippen molar-refractivity contribution >= 4 is 5.91 Å². The van der Waals surface area contributed by atoms with E-state index in [1.165, 1.54) is 12.1 Å². The number of carbonyl (C=O) groups excluding carboxylic acids is 1. The number of ether oxygens (including phenoxy) is 1. The Kier molecular flexibility index (Phi) is 5.88. The molecule has 0 spiro atoms. The van der Waals surface area contributed by atoms with Crippen LogP contribution < -0.4 is 15.8 Å². The van der Waals surface area contributed by atoms with Crippen LogP contribution in [-0.2, 0) is 11.2 Å². The fourth-order valence-corrected chi connectivity index (χ4v) is 1.52. The maximum Gasteiger partial charge on any atom is 0.387 e. The Morgan fingerprint density at radius 2 is 2.00 bits per heavy atom. The topological polar surface area (TPSA) is 64.4 Å². The van der Waals surface area contributed by atoms with Gasteiger partial charge in [-0.2, -0.15) is 8.78 Å². The fourth-order valence-electron chi connectivity index (χ4n) is 1.52. The summed E-state index contributed by atoms with van der Waals surface area (Å²) < 4.78 is 28.2. The van der Waals surface area contributed by atoms with Crippen molar-refractivity contribution in [3.8, 4) is 5.75 Å².